The molecule has 1 atom stereocenters. The maximum atomic E-state index is 6.19. The zero-order valence-electron chi connectivity index (χ0n) is 11.0. The number of para-hydroxylation sites is 1. The van der Waals surface area contributed by atoms with Crippen molar-refractivity contribution in [3.8, 4) is 5.75 Å². The van der Waals surface area contributed by atoms with E-state index in [9.17, 15) is 0 Å². The summed E-state index contributed by atoms with van der Waals surface area (Å²) in [5.74, 6) is 0.952. The number of benzene rings is 2. The Bertz CT molecular complexity index is 501. The molecule has 0 aromatic heterocycles. The van der Waals surface area contributed by atoms with Crippen LogP contribution in [0.15, 0.2) is 54.6 Å². The van der Waals surface area contributed by atoms with E-state index >= 15 is 0 Å². The van der Waals surface area contributed by atoms with Crippen LogP contribution in [-0.4, -0.2) is 13.6 Å². The SMILES string of the molecule is CNCC[C@@H](Oc1ccccc1I)c1ccccc1. The van der Waals surface area contributed by atoms with E-state index in [2.05, 4.69) is 58.2 Å². The van der Waals surface area contributed by atoms with Gasteiger partial charge < -0.3 is 10.1 Å². The van der Waals surface area contributed by atoms with Crippen LogP contribution in [0, 0.1) is 3.57 Å². The summed E-state index contributed by atoms with van der Waals surface area (Å²) in [5.41, 5.74) is 1.22. The van der Waals surface area contributed by atoms with Gasteiger partial charge in [0.05, 0.1) is 3.57 Å². The Morgan fingerprint density at radius 2 is 1.74 bits per heavy atom. The molecule has 0 unspecified atom stereocenters. The Morgan fingerprint density at radius 3 is 2.42 bits per heavy atom. The van der Waals surface area contributed by atoms with Gasteiger partial charge in [0.1, 0.15) is 11.9 Å². The van der Waals surface area contributed by atoms with Gasteiger partial charge in [-0.2, -0.15) is 0 Å². The highest BCUT2D eigenvalue weighted by Crippen LogP contribution is 2.28. The molecule has 1 N–H and O–H groups in total. The number of rotatable bonds is 6. The summed E-state index contributed by atoms with van der Waals surface area (Å²) < 4.78 is 7.33. The fourth-order valence-corrected chi connectivity index (χ4v) is 2.44. The van der Waals surface area contributed by atoms with Crippen LogP contribution in [0.5, 0.6) is 5.75 Å². The summed E-state index contributed by atoms with van der Waals surface area (Å²) in [7, 11) is 1.97. The standard InChI is InChI=1S/C16H18INO/c1-18-12-11-15(13-7-3-2-4-8-13)19-16-10-6-5-9-14(16)17/h2-10,15,18H,11-12H2,1H3/t15-/m1/s1. The van der Waals surface area contributed by atoms with Crippen molar-refractivity contribution >= 4 is 22.6 Å². The molecule has 2 nitrogen and oxygen atoms in total. The molecular formula is C16H18INO. The molecule has 0 aliphatic heterocycles. The van der Waals surface area contributed by atoms with E-state index in [1.54, 1.807) is 0 Å². The molecular weight excluding hydrogens is 349 g/mol. The minimum Gasteiger partial charge on any atom is -0.485 e. The summed E-state index contributed by atoms with van der Waals surface area (Å²) in [6.45, 7) is 0.934. The first-order valence-corrected chi connectivity index (χ1v) is 7.50. The predicted octanol–water partition coefficient (Wildman–Crippen LogP) is 4.02. The van der Waals surface area contributed by atoms with Crippen LogP contribution >= 0.6 is 22.6 Å². The molecule has 0 bridgehead atoms. The van der Waals surface area contributed by atoms with Gasteiger partial charge in [0.25, 0.3) is 0 Å². The van der Waals surface area contributed by atoms with Crippen molar-refractivity contribution in [1.82, 2.24) is 5.32 Å². The van der Waals surface area contributed by atoms with Crippen molar-refractivity contribution in [2.75, 3.05) is 13.6 Å². The van der Waals surface area contributed by atoms with Crippen molar-refractivity contribution in [2.24, 2.45) is 0 Å². The van der Waals surface area contributed by atoms with Gasteiger partial charge in [0.15, 0.2) is 0 Å². The molecule has 0 radical (unpaired) electrons. The van der Waals surface area contributed by atoms with E-state index in [4.69, 9.17) is 4.74 Å². The van der Waals surface area contributed by atoms with E-state index < -0.39 is 0 Å². The van der Waals surface area contributed by atoms with E-state index in [0.717, 1.165) is 22.3 Å². The Labute approximate surface area is 128 Å². The van der Waals surface area contributed by atoms with E-state index in [-0.39, 0.29) is 6.10 Å². The Morgan fingerprint density at radius 1 is 1.05 bits per heavy atom. The minimum absolute atomic E-state index is 0.0876. The summed E-state index contributed by atoms with van der Waals surface area (Å²) in [5, 5.41) is 3.19. The normalized spacial score (nSPS) is 12.1. The molecule has 0 spiro atoms. The monoisotopic (exact) mass is 367 g/mol. The lowest BCUT2D eigenvalue weighted by Crippen LogP contribution is -2.16. The quantitative estimate of drug-likeness (QED) is 0.779. The van der Waals surface area contributed by atoms with Gasteiger partial charge in [0, 0.05) is 6.42 Å². The van der Waals surface area contributed by atoms with E-state index in [0.29, 0.717) is 0 Å². The van der Waals surface area contributed by atoms with E-state index in [1.807, 2.05) is 31.3 Å². The van der Waals surface area contributed by atoms with Crippen molar-refractivity contribution in [3.05, 3.63) is 63.7 Å². The van der Waals surface area contributed by atoms with Crippen LogP contribution in [0.2, 0.25) is 0 Å². The molecule has 0 fully saturated rings. The second-order valence-corrected chi connectivity index (χ2v) is 5.50. The van der Waals surface area contributed by atoms with Gasteiger partial charge in [0.2, 0.25) is 0 Å². The van der Waals surface area contributed by atoms with Gasteiger partial charge in [-0.05, 0) is 53.9 Å². The van der Waals surface area contributed by atoms with Crippen LogP contribution in [0.3, 0.4) is 0 Å². The fourth-order valence-electron chi connectivity index (χ4n) is 1.93. The Balaban J connectivity index is 2.17. The number of hydrogen-bond acceptors (Lipinski definition) is 2. The summed E-state index contributed by atoms with van der Waals surface area (Å²) in [6, 6.07) is 18.5. The number of hydrogen-bond donors (Lipinski definition) is 1. The zero-order chi connectivity index (χ0) is 13.5. The average Bonchev–Trinajstić information content (AvgIpc) is 2.46. The molecule has 2 aromatic rings. The first kappa shape index (κ1) is 14.3. The lowest BCUT2D eigenvalue weighted by Gasteiger charge is -2.20. The molecule has 2 rings (SSSR count). The fraction of sp³-hybridized carbons (Fsp3) is 0.250. The first-order chi connectivity index (χ1) is 9.31. The topological polar surface area (TPSA) is 21.3 Å². The second kappa shape index (κ2) is 7.50. The third-order valence-electron chi connectivity index (χ3n) is 2.93. The number of halogens is 1. The summed E-state index contributed by atoms with van der Waals surface area (Å²) >= 11 is 2.31. The molecule has 0 saturated heterocycles. The van der Waals surface area contributed by atoms with Gasteiger partial charge in [-0.1, -0.05) is 42.5 Å². The maximum absolute atomic E-state index is 6.19. The molecule has 2 aromatic carbocycles. The molecule has 0 aliphatic carbocycles. The predicted molar refractivity (Wildman–Crippen MR) is 87.5 cm³/mol. The first-order valence-electron chi connectivity index (χ1n) is 6.42. The van der Waals surface area contributed by atoms with Crippen molar-refractivity contribution < 1.29 is 4.74 Å². The smallest absolute Gasteiger partial charge is 0.133 e. The second-order valence-electron chi connectivity index (χ2n) is 4.34. The van der Waals surface area contributed by atoms with Crippen LogP contribution in [0.25, 0.3) is 0 Å². The molecule has 19 heavy (non-hydrogen) atoms. The summed E-state index contributed by atoms with van der Waals surface area (Å²) in [6.07, 6.45) is 1.04. The average molecular weight is 367 g/mol. The van der Waals surface area contributed by atoms with Crippen LogP contribution < -0.4 is 10.1 Å². The number of ether oxygens (including phenoxy) is 1. The zero-order valence-corrected chi connectivity index (χ0v) is 13.1. The minimum atomic E-state index is 0.0876. The van der Waals surface area contributed by atoms with Crippen LogP contribution in [-0.2, 0) is 0 Å². The maximum Gasteiger partial charge on any atom is 0.133 e. The van der Waals surface area contributed by atoms with Crippen molar-refractivity contribution in [2.45, 2.75) is 12.5 Å². The van der Waals surface area contributed by atoms with Gasteiger partial charge >= 0.3 is 0 Å². The third kappa shape index (κ3) is 4.21. The Kier molecular flexibility index (Phi) is 5.66. The van der Waals surface area contributed by atoms with Gasteiger partial charge in [-0.3, -0.25) is 0 Å². The van der Waals surface area contributed by atoms with Gasteiger partial charge in [-0.25, -0.2) is 0 Å². The number of nitrogens with one attached hydrogen (secondary N) is 1. The third-order valence-corrected chi connectivity index (χ3v) is 3.82. The Hall–Kier alpha value is -1.07. The lowest BCUT2D eigenvalue weighted by atomic mass is 10.1. The molecule has 0 saturated carbocycles. The van der Waals surface area contributed by atoms with Crippen molar-refractivity contribution in [3.63, 3.8) is 0 Å². The molecule has 0 heterocycles. The molecule has 0 amide bonds. The largest absolute Gasteiger partial charge is 0.485 e. The molecule has 3 heteroatoms. The summed E-state index contributed by atoms with van der Waals surface area (Å²) in [4.78, 5) is 0. The molecule has 0 aliphatic rings. The molecule has 100 valence electrons. The van der Waals surface area contributed by atoms with Crippen LogP contribution in [0.4, 0.5) is 0 Å². The van der Waals surface area contributed by atoms with Crippen LogP contribution in [0.1, 0.15) is 18.1 Å². The highest BCUT2D eigenvalue weighted by atomic mass is 127. The highest BCUT2D eigenvalue weighted by molar-refractivity contribution is 14.1. The van der Waals surface area contributed by atoms with E-state index in [1.165, 1.54) is 5.56 Å². The van der Waals surface area contributed by atoms with Crippen molar-refractivity contribution in [1.29, 1.82) is 0 Å². The highest BCUT2D eigenvalue weighted by Gasteiger charge is 2.13. The lowest BCUT2D eigenvalue weighted by molar-refractivity contribution is 0.193. The van der Waals surface area contributed by atoms with Gasteiger partial charge in [-0.15, -0.1) is 0 Å².